The maximum atomic E-state index is 3.85. The van der Waals surface area contributed by atoms with Crippen molar-refractivity contribution in [3.63, 3.8) is 0 Å². The van der Waals surface area contributed by atoms with Gasteiger partial charge in [-0.25, -0.2) is 0 Å². The second kappa shape index (κ2) is 8.06. The van der Waals surface area contributed by atoms with Gasteiger partial charge in [0.15, 0.2) is 0 Å². The molecular weight excluding hydrogens is 134 g/mol. The predicted molar refractivity (Wildman–Crippen MR) is 51.3 cm³/mol. The van der Waals surface area contributed by atoms with Crippen molar-refractivity contribution in [3.8, 4) is 0 Å². The number of nitrogens with zero attached hydrogens (tertiary/aromatic N) is 1. The third-order valence-electron chi connectivity index (χ3n) is 1.78. The van der Waals surface area contributed by atoms with Crippen molar-refractivity contribution in [2.24, 2.45) is 0 Å². The molecule has 0 N–H and O–H groups in total. The summed E-state index contributed by atoms with van der Waals surface area (Å²) in [6.07, 6.45) is 4.62. The van der Waals surface area contributed by atoms with E-state index in [4.69, 9.17) is 0 Å². The number of hydrogen-bond acceptors (Lipinski definition) is 1. The third kappa shape index (κ3) is 6.36. The normalized spacial score (nSPS) is 10.9. The summed E-state index contributed by atoms with van der Waals surface area (Å²) in [4.78, 5) is 2.45. The molecule has 0 aliphatic carbocycles. The fraction of sp³-hybridized carbons (Fsp3) is 0.800. The molecule has 2 radical (unpaired) electrons. The second-order valence-corrected chi connectivity index (χ2v) is 2.90. The zero-order chi connectivity index (χ0) is 8.53. The first-order valence-corrected chi connectivity index (χ1v) is 4.66. The van der Waals surface area contributed by atoms with Crippen LogP contribution in [-0.4, -0.2) is 24.5 Å². The summed E-state index contributed by atoms with van der Waals surface area (Å²) in [6.45, 7) is 13.4. The highest BCUT2D eigenvalue weighted by atomic mass is 15.1. The Labute approximate surface area is 71.8 Å². The molecule has 0 unspecified atom stereocenters. The summed E-state index contributed by atoms with van der Waals surface area (Å²) in [6, 6.07) is 0. The molecule has 0 aromatic rings. The molecule has 1 heteroatoms. The Balaban J connectivity index is 3.34. The SMILES string of the molecule is [CH2]CCN(CC[CH2])CCCC. The molecule has 0 heterocycles. The lowest BCUT2D eigenvalue weighted by Crippen LogP contribution is -2.26. The molecule has 0 aliphatic rings. The van der Waals surface area contributed by atoms with Crippen LogP contribution in [0, 0.1) is 13.8 Å². The van der Waals surface area contributed by atoms with Gasteiger partial charge in [-0.15, -0.1) is 0 Å². The Hall–Kier alpha value is -0.0400. The molecule has 0 fully saturated rings. The summed E-state index contributed by atoms with van der Waals surface area (Å²) in [5.74, 6) is 0. The molecular formula is C10H21N. The van der Waals surface area contributed by atoms with Gasteiger partial charge in [-0.2, -0.15) is 0 Å². The van der Waals surface area contributed by atoms with Crippen LogP contribution in [0.5, 0.6) is 0 Å². The van der Waals surface area contributed by atoms with Gasteiger partial charge in [0.1, 0.15) is 0 Å². The summed E-state index contributed by atoms with van der Waals surface area (Å²) in [7, 11) is 0. The average molecular weight is 155 g/mol. The summed E-state index contributed by atoms with van der Waals surface area (Å²) < 4.78 is 0. The molecule has 0 rings (SSSR count). The van der Waals surface area contributed by atoms with Crippen molar-refractivity contribution in [1.29, 1.82) is 0 Å². The minimum Gasteiger partial charge on any atom is -0.303 e. The zero-order valence-corrected chi connectivity index (χ0v) is 7.81. The Morgan fingerprint density at radius 3 is 1.91 bits per heavy atom. The molecule has 0 atom stereocenters. The lowest BCUT2D eigenvalue weighted by atomic mass is 10.3. The first-order valence-electron chi connectivity index (χ1n) is 4.66. The largest absolute Gasteiger partial charge is 0.303 e. The fourth-order valence-corrected chi connectivity index (χ4v) is 1.16. The van der Waals surface area contributed by atoms with Gasteiger partial charge >= 0.3 is 0 Å². The lowest BCUT2D eigenvalue weighted by Gasteiger charge is -2.19. The van der Waals surface area contributed by atoms with Crippen LogP contribution in [0.1, 0.15) is 32.6 Å². The van der Waals surface area contributed by atoms with Crippen LogP contribution in [-0.2, 0) is 0 Å². The average Bonchev–Trinajstić information content (AvgIpc) is 2.01. The van der Waals surface area contributed by atoms with Gasteiger partial charge in [0.25, 0.3) is 0 Å². The molecule has 0 bridgehead atoms. The fourth-order valence-electron chi connectivity index (χ4n) is 1.16. The predicted octanol–water partition coefficient (Wildman–Crippen LogP) is 2.54. The zero-order valence-electron chi connectivity index (χ0n) is 7.81. The van der Waals surface area contributed by atoms with Crippen LogP contribution in [0.2, 0.25) is 0 Å². The van der Waals surface area contributed by atoms with Crippen LogP contribution in [0.25, 0.3) is 0 Å². The van der Waals surface area contributed by atoms with E-state index in [1.807, 2.05) is 0 Å². The molecule has 0 spiro atoms. The van der Waals surface area contributed by atoms with E-state index in [1.165, 1.54) is 19.4 Å². The molecule has 0 amide bonds. The van der Waals surface area contributed by atoms with Gasteiger partial charge in [-0.3, -0.25) is 0 Å². The van der Waals surface area contributed by atoms with E-state index < -0.39 is 0 Å². The highest BCUT2D eigenvalue weighted by Crippen LogP contribution is 1.97. The highest BCUT2D eigenvalue weighted by Gasteiger charge is 1.99. The van der Waals surface area contributed by atoms with Crippen molar-refractivity contribution in [2.75, 3.05) is 19.6 Å². The van der Waals surface area contributed by atoms with E-state index in [1.54, 1.807) is 0 Å². The second-order valence-electron chi connectivity index (χ2n) is 2.90. The molecule has 11 heavy (non-hydrogen) atoms. The first kappa shape index (κ1) is 11.0. The Morgan fingerprint density at radius 1 is 1.00 bits per heavy atom. The van der Waals surface area contributed by atoms with E-state index in [0.717, 1.165) is 25.9 Å². The van der Waals surface area contributed by atoms with Gasteiger partial charge in [-0.1, -0.05) is 27.2 Å². The van der Waals surface area contributed by atoms with Gasteiger partial charge in [0.2, 0.25) is 0 Å². The van der Waals surface area contributed by atoms with Crippen LogP contribution in [0.3, 0.4) is 0 Å². The first-order chi connectivity index (χ1) is 5.35. The van der Waals surface area contributed by atoms with Crippen LogP contribution in [0.15, 0.2) is 0 Å². The van der Waals surface area contributed by atoms with Crippen LogP contribution >= 0.6 is 0 Å². The quantitative estimate of drug-likeness (QED) is 0.546. The van der Waals surface area contributed by atoms with E-state index in [2.05, 4.69) is 25.7 Å². The molecule has 0 aromatic carbocycles. The van der Waals surface area contributed by atoms with Gasteiger partial charge in [0.05, 0.1) is 0 Å². The van der Waals surface area contributed by atoms with Gasteiger partial charge in [0, 0.05) is 0 Å². The maximum Gasteiger partial charge on any atom is -0.00187 e. The molecule has 1 nitrogen and oxygen atoms in total. The Bertz CT molecular complexity index is 65.3. The maximum absolute atomic E-state index is 3.85. The topological polar surface area (TPSA) is 3.24 Å². The Morgan fingerprint density at radius 2 is 1.55 bits per heavy atom. The summed E-state index contributed by atoms with van der Waals surface area (Å²) >= 11 is 0. The van der Waals surface area contributed by atoms with E-state index in [9.17, 15) is 0 Å². The molecule has 0 aromatic heterocycles. The smallest absolute Gasteiger partial charge is 0.00187 e. The van der Waals surface area contributed by atoms with E-state index in [-0.39, 0.29) is 0 Å². The van der Waals surface area contributed by atoms with Crippen molar-refractivity contribution in [3.05, 3.63) is 13.8 Å². The van der Waals surface area contributed by atoms with Gasteiger partial charge in [-0.05, 0) is 38.9 Å². The Kier molecular flexibility index (Phi) is 8.03. The van der Waals surface area contributed by atoms with Crippen molar-refractivity contribution in [1.82, 2.24) is 4.90 Å². The summed E-state index contributed by atoms with van der Waals surface area (Å²) in [5.41, 5.74) is 0. The van der Waals surface area contributed by atoms with E-state index >= 15 is 0 Å². The van der Waals surface area contributed by atoms with Crippen molar-refractivity contribution in [2.45, 2.75) is 32.6 Å². The molecule has 0 saturated heterocycles. The number of hydrogen-bond donors (Lipinski definition) is 0. The number of rotatable bonds is 7. The molecule has 0 saturated carbocycles. The molecule has 66 valence electrons. The van der Waals surface area contributed by atoms with Crippen LogP contribution in [0.4, 0.5) is 0 Å². The highest BCUT2D eigenvalue weighted by molar-refractivity contribution is 4.59. The monoisotopic (exact) mass is 155 g/mol. The van der Waals surface area contributed by atoms with Gasteiger partial charge < -0.3 is 4.90 Å². The van der Waals surface area contributed by atoms with Crippen molar-refractivity contribution >= 4 is 0 Å². The van der Waals surface area contributed by atoms with Crippen molar-refractivity contribution < 1.29 is 0 Å². The lowest BCUT2D eigenvalue weighted by molar-refractivity contribution is 0.279. The minimum absolute atomic E-state index is 1.02. The van der Waals surface area contributed by atoms with Crippen LogP contribution < -0.4 is 0 Å². The molecule has 0 aliphatic heterocycles. The third-order valence-corrected chi connectivity index (χ3v) is 1.78. The summed E-state index contributed by atoms with van der Waals surface area (Å²) in [5, 5.41) is 0. The standard InChI is InChI=1S/C10H21N/c1-4-7-10-11(8-5-2)9-6-3/h2-10H2,1H3. The van der Waals surface area contributed by atoms with E-state index in [0.29, 0.717) is 0 Å². The number of unbranched alkanes of at least 4 members (excludes halogenated alkanes) is 1. The minimum atomic E-state index is 1.02.